The lowest BCUT2D eigenvalue weighted by Crippen LogP contribution is -2.47. The Hall–Kier alpha value is -2.05. The highest BCUT2D eigenvalue weighted by Gasteiger charge is 2.33. The molecule has 0 fully saturated rings. The van der Waals surface area contributed by atoms with Crippen LogP contribution in [-0.2, 0) is 16.0 Å². The van der Waals surface area contributed by atoms with Gasteiger partial charge in [0.1, 0.15) is 12.4 Å². The van der Waals surface area contributed by atoms with Gasteiger partial charge in [-0.2, -0.15) is 0 Å². The molecule has 150 valence electrons. The molecule has 1 aromatic carbocycles. The highest BCUT2D eigenvalue weighted by atomic mass is 35.5. The number of benzene rings is 1. The van der Waals surface area contributed by atoms with Crippen LogP contribution in [0.25, 0.3) is 0 Å². The van der Waals surface area contributed by atoms with E-state index in [-0.39, 0.29) is 24.4 Å². The third-order valence-electron chi connectivity index (χ3n) is 4.90. The predicted octanol–water partition coefficient (Wildman–Crippen LogP) is 4.16. The maximum atomic E-state index is 13.0. The van der Waals surface area contributed by atoms with Crippen LogP contribution in [0.2, 0.25) is 5.02 Å². The maximum Gasteiger partial charge on any atom is 0.242 e. The van der Waals surface area contributed by atoms with E-state index in [0.717, 1.165) is 24.2 Å². The molecule has 0 aliphatic carbocycles. The number of amides is 2. The zero-order valence-corrected chi connectivity index (χ0v) is 17.8. The van der Waals surface area contributed by atoms with Gasteiger partial charge in [0.2, 0.25) is 11.8 Å². The quantitative estimate of drug-likeness (QED) is 0.675. The van der Waals surface area contributed by atoms with Crippen molar-refractivity contribution in [3.05, 3.63) is 51.2 Å². The Morgan fingerprint density at radius 3 is 2.71 bits per heavy atom. The number of hydrogen-bond donors (Lipinski definition) is 0. The third-order valence-corrected chi connectivity index (χ3v) is 6.15. The van der Waals surface area contributed by atoms with E-state index < -0.39 is 0 Å². The molecule has 1 aliphatic rings. The second-order valence-corrected chi connectivity index (χ2v) is 8.29. The van der Waals surface area contributed by atoms with Gasteiger partial charge in [-0.05, 0) is 54.1 Å². The fourth-order valence-corrected chi connectivity index (χ4v) is 4.51. The van der Waals surface area contributed by atoms with Gasteiger partial charge in [-0.3, -0.25) is 9.59 Å². The van der Waals surface area contributed by atoms with Gasteiger partial charge < -0.3 is 14.5 Å². The number of nitrogens with zero attached hydrogens (tertiary/aromatic N) is 2. The summed E-state index contributed by atoms with van der Waals surface area (Å²) in [6.07, 6.45) is 1.66. The number of carbonyl (C=O) groups excluding carboxylic acids is 2. The van der Waals surface area contributed by atoms with Crippen LogP contribution in [0, 0.1) is 0 Å². The van der Waals surface area contributed by atoms with Crippen LogP contribution in [0.15, 0.2) is 35.7 Å². The van der Waals surface area contributed by atoms with Crippen molar-refractivity contribution in [2.24, 2.45) is 0 Å². The zero-order valence-electron chi connectivity index (χ0n) is 16.2. The first-order valence-corrected chi connectivity index (χ1v) is 10.7. The lowest BCUT2D eigenvalue weighted by atomic mass is 10.0. The summed E-state index contributed by atoms with van der Waals surface area (Å²) in [5, 5.41) is 2.72. The molecule has 0 spiro atoms. The van der Waals surface area contributed by atoms with Gasteiger partial charge in [0, 0.05) is 29.9 Å². The molecule has 2 aromatic rings. The summed E-state index contributed by atoms with van der Waals surface area (Å²) >= 11 is 7.66. The molecule has 0 bridgehead atoms. The molecule has 1 aromatic heterocycles. The molecule has 7 heteroatoms. The Labute approximate surface area is 174 Å². The first kappa shape index (κ1) is 20.7. The second kappa shape index (κ2) is 9.43. The third kappa shape index (κ3) is 4.86. The van der Waals surface area contributed by atoms with Crippen molar-refractivity contribution in [1.29, 1.82) is 0 Å². The van der Waals surface area contributed by atoms with Crippen molar-refractivity contribution >= 4 is 34.8 Å². The van der Waals surface area contributed by atoms with Crippen molar-refractivity contribution in [3.63, 3.8) is 0 Å². The Bertz CT molecular complexity index is 821. The molecule has 1 unspecified atom stereocenters. The summed E-state index contributed by atoms with van der Waals surface area (Å²) in [4.78, 5) is 29.7. The molecule has 2 heterocycles. The van der Waals surface area contributed by atoms with Crippen molar-refractivity contribution in [1.82, 2.24) is 9.80 Å². The first-order valence-electron chi connectivity index (χ1n) is 9.49. The van der Waals surface area contributed by atoms with E-state index in [4.69, 9.17) is 16.3 Å². The summed E-state index contributed by atoms with van der Waals surface area (Å²) in [5.74, 6) is 0.609. The predicted molar refractivity (Wildman–Crippen MR) is 112 cm³/mol. The minimum Gasteiger partial charge on any atom is -0.491 e. The summed E-state index contributed by atoms with van der Waals surface area (Å²) in [5.41, 5.74) is 1.14. The summed E-state index contributed by atoms with van der Waals surface area (Å²) in [7, 11) is 0. The summed E-state index contributed by atoms with van der Waals surface area (Å²) in [6, 6.07) is 9.13. The average Bonchev–Trinajstić information content (AvgIpc) is 3.15. The summed E-state index contributed by atoms with van der Waals surface area (Å²) in [6.45, 7) is 5.22. The minimum atomic E-state index is -0.159. The highest BCUT2D eigenvalue weighted by molar-refractivity contribution is 7.10. The number of thiophene rings is 1. The largest absolute Gasteiger partial charge is 0.491 e. The number of halogens is 1. The fourth-order valence-electron chi connectivity index (χ4n) is 3.45. The molecule has 0 saturated carbocycles. The van der Waals surface area contributed by atoms with E-state index in [1.54, 1.807) is 28.4 Å². The zero-order chi connectivity index (χ0) is 20.1. The molecule has 5 nitrogen and oxygen atoms in total. The molecule has 0 N–H and O–H groups in total. The molecular weight excluding hydrogens is 396 g/mol. The fraction of sp³-hybridized carbons (Fsp3) is 0.429. The van der Waals surface area contributed by atoms with Crippen molar-refractivity contribution in [3.8, 4) is 5.75 Å². The van der Waals surface area contributed by atoms with Crippen LogP contribution in [0.4, 0.5) is 0 Å². The van der Waals surface area contributed by atoms with Crippen LogP contribution in [0.5, 0.6) is 5.75 Å². The Kier molecular flexibility index (Phi) is 6.97. The molecule has 28 heavy (non-hydrogen) atoms. The van der Waals surface area contributed by atoms with Crippen LogP contribution in [0.1, 0.15) is 36.8 Å². The second-order valence-electron chi connectivity index (χ2n) is 6.86. The number of hydrogen-bond acceptors (Lipinski definition) is 4. The van der Waals surface area contributed by atoms with Gasteiger partial charge in [0.25, 0.3) is 0 Å². The maximum absolute atomic E-state index is 13.0. The van der Waals surface area contributed by atoms with Crippen LogP contribution < -0.4 is 4.74 Å². The minimum absolute atomic E-state index is 0.0368. The Morgan fingerprint density at radius 2 is 2.04 bits per heavy atom. The van der Waals surface area contributed by atoms with Crippen molar-refractivity contribution in [2.75, 3.05) is 26.2 Å². The lowest BCUT2D eigenvalue weighted by Gasteiger charge is -2.37. The van der Waals surface area contributed by atoms with Crippen LogP contribution in [-0.4, -0.2) is 47.9 Å². The SMILES string of the molecule is CCCN(CC(=O)N1CCc2sccc2C1COc1ccc(Cl)cc1)C(C)=O. The highest BCUT2D eigenvalue weighted by Crippen LogP contribution is 2.34. The van der Waals surface area contributed by atoms with Gasteiger partial charge in [-0.1, -0.05) is 18.5 Å². The molecule has 3 rings (SSSR count). The van der Waals surface area contributed by atoms with Gasteiger partial charge in [-0.15, -0.1) is 11.3 Å². The molecule has 1 atom stereocenters. The van der Waals surface area contributed by atoms with E-state index >= 15 is 0 Å². The first-order chi connectivity index (χ1) is 13.5. The molecule has 0 radical (unpaired) electrons. The van der Waals surface area contributed by atoms with Gasteiger partial charge in [0.15, 0.2) is 0 Å². The number of ether oxygens (including phenoxy) is 1. The number of rotatable bonds is 7. The Morgan fingerprint density at radius 1 is 1.29 bits per heavy atom. The number of carbonyl (C=O) groups is 2. The Balaban J connectivity index is 1.75. The van der Waals surface area contributed by atoms with Crippen LogP contribution >= 0.6 is 22.9 Å². The molecule has 2 amide bonds. The topological polar surface area (TPSA) is 49.9 Å². The van der Waals surface area contributed by atoms with E-state index in [1.807, 2.05) is 24.0 Å². The van der Waals surface area contributed by atoms with E-state index in [9.17, 15) is 9.59 Å². The molecule has 0 saturated heterocycles. The van der Waals surface area contributed by atoms with Crippen LogP contribution in [0.3, 0.4) is 0 Å². The van der Waals surface area contributed by atoms with Gasteiger partial charge in [0.05, 0.1) is 12.6 Å². The van der Waals surface area contributed by atoms with E-state index in [2.05, 4.69) is 11.4 Å². The van der Waals surface area contributed by atoms with Crippen molar-refractivity contribution in [2.45, 2.75) is 32.7 Å². The smallest absolute Gasteiger partial charge is 0.242 e. The average molecular weight is 421 g/mol. The van der Waals surface area contributed by atoms with Gasteiger partial charge in [-0.25, -0.2) is 0 Å². The lowest BCUT2D eigenvalue weighted by molar-refractivity contribution is -0.141. The van der Waals surface area contributed by atoms with E-state index in [1.165, 1.54) is 11.8 Å². The summed E-state index contributed by atoms with van der Waals surface area (Å²) < 4.78 is 5.98. The monoisotopic (exact) mass is 420 g/mol. The molecular formula is C21H25ClN2O3S. The van der Waals surface area contributed by atoms with Gasteiger partial charge >= 0.3 is 0 Å². The van der Waals surface area contributed by atoms with Crippen molar-refractivity contribution < 1.29 is 14.3 Å². The number of fused-ring (bicyclic) bond motifs is 1. The standard InChI is InChI=1S/C21H25ClN2O3S/c1-3-10-23(15(2)25)13-21(26)24-11-8-20-18(9-12-28-20)19(24)14-27-17-6-4-16(22)5-7-17/h4-7,9,12,19H,3,8,10-11,13-14H2,1-2H3. The normalized spacial score (nSPS) is 15.8. The molecule has 1 aliphatic heterocycles. The van der Waals surface area contributed by atoms with E-state index in [0.29, 0.717) is 24.7 Å².